The number of likely N-dealkylation sites (tertiary alicyclic amines) is 6. The Morgan fingerprint density at radius 3 is 1.08 bits per heavy atom. The van der Waals surface area contributed by atoms with Crippen LogP contribution < -0.4 is 34.4 Å². The lowest BCUT2D eigenvalue weighted by Crippen LogP contribution is -2.61. The summed E-state index contributed by atoms with van der Waals surface area (Å²) in [5, 5.41) is 0. The molecule has 6 unspecified atom stereocenters. The molecule has 0 saturated carbocycles. The predicted octanol–water partition coefficient (Wildman–Crippen LogP) is 12.3. The van der Waals surface area contributed by atoms with Crippen LogP contribution in [0.5, 0.6) is 0 Å². The Labute approximate surface area is 799 Å². The minimum atomic E-state index is -0.978. The first-order valence-corrected chi connectivity index (χ1v) is 46.1. The van der Waals surface area contributed by atoms with E-state index in [1.165, 1.54) is 12.1 Å². The van der Waals surface area contributed by atoms with Crippen molar-refractivity contribution in [2.24, 2.45) is 0 Å². The van der Waals surface area contributed by atoms with E-state index in [2.05, 4.69) is 32.9 Å². The van der Waals surface area contributed by atoms with Crippen molar-refractivity contribution in [3.05, 3.63) is 237 Å². The minimum Gasteiger partial charge on any atom is -0.399 e. The number of benzene rings is 6. The number of hydrogen-bond acceptors (Lipinski definition) is 21. The zero-order chi connectivity index (χ0) is 101. The molecule has 12 aliphatic rings. The zero-order valence-corrected chi connectivity index (χ0v) is 81.2. The summed E-state index contributed by atoms with van der Waals surface area (Å²) in [6, 6.07) is 27.2. The lowest BCUT2D eigenvalue weighted by atomic mass is 9.94. The smallest absolute Gasteiger partial charge is 0.264 e. The van der Waals surface area contributed by atoms with Crippen molar-refractivity contribution in [2.45, 2.75) is 271 Å². The number of nitrogen functional groups attached to an aromatic ring is 6. The Morgan fingerprint density at radius 2 is 0.606 bits per heavy atom. The van der Waals surface area contributed by atoms with Gasteiger partial charge in [0.25, 0.3) is 59.1 Å². The van der Waals surface area contributed by atoms with E-state index in [0.717, 1.165) is 72.6 Å². The summed E-state index contributed by atoms with van der Waals surface area (Å²) >= 11 is 0. The largest absolute Gasteiger partial charge is 0.399 e. The number of nitrogens with two attached hydrogens (primary N) is 6. The van der Waals surface area contributed by atoms with Gasteiger partial charge in [0.15, 0.2) is 0 Å². The highest BCUT2D eigenvalue weighted by Crippen LogP contribution is 2.44. The summed E-state index contributed by atoms with van der Waals surface area (Å²) in [7, 11) is 1.71. The quantitative estimate of drug-likeness (QED) is 0.0666. The molecule has 6 saturated heterocycles. The molecule has 722 valence electrons. The molecule has 18 rings (SSSR count). The van der Waals surface area contributed by atoms with Crippen LogP contribution in [0.3, 0.4) is 0 Å². The number of imide groups is 3. The number of rotatable bonds is 6. The molecule has 33 nitrogen and oxygen atoms in total. The fourth-order valence-electron chi connectivity index (χ4n) is 20.3. The average Bonchev–Trinajstić information content (AvgIpc) is 1.60. The summed E-state index contributed by atoms with van der Waals surface area (Å²) in [5.41, 5.74) is 46.6. The first-order chi connectivity index (χ1) is 63.9. The maximum atomic E-state index is 13.0. The third kappa shape index (κ3) is 19.0. The van der Waals surface area contributed by atoms with Crippen LogP contribution in [0.25, 0.3) is 0 Å². The van der Waals surface area contributed by atoms with Crippen molar-refractivity contribution in [3.63, 3.8) is 0 Å². The zero-order valence-electron chi connectivity index (χ0n) is 81.2. The maximum Gasteiger partial charge on any atom is 0.264 e. The highest BCUT2D eigenvalue weighted by atomic mass is 16.2. The molecule has 33 heteroatoms. The van der Waals surface area contributed by atoms with Gasteiger partial charge in [-0.05, 0) is 270 Å². The van der Waals surface area contributed by atoms with Crippen LogP contribution in [0.4, 0.5) is 34.1 Å². The van der Waals surface area contributed by atoms with Gasteiger partial charge in [0, 0.05) is 152 Å². The number of amides is 15. The van der Waals surface area contributed by atoms with E-state index in [0.29, 0.717) is 139 Å². The van der Waals surface area contributed by atoms with Gasteiger partial charge in [-0.1, -0.05) is 63.2 Å². The van der Waals surface area contributed by atoms with Crippen molar-refractivity contribution in [1.29, 1.82) is 0 Å². The number of carbonyl (C=O) groups is 15. The molecule has 12 aliphatic heterocycles. The molecule has 15 amide bonds. The Kier molecular flexibility index (Phi) is 27.2. The van der Waals surface area contributed by atoms with E-state index < -0.39 is 76.9 Å². The van der Waals surface area contributed by atoms with Crippen LogP contribution in [0.15, 0.2) is 171 Å². The summed E-state index contributed by atoms with van der Waals surface area (Å²) in [5.74, 6) is -3.71. The summed E-state index contributed by atoms with van der Waals surface area (Å²) in [6.45, 7) is 50.5. The monoisotopic (exact) mass is 1870 g/mol. The van der Waals surface area contributed by atoms with Crippen molar-refractivity contribution in [2.75, 3.05) is 41.4 Å². The van der Waals surface area contributed by atoms with Crippen molar-refractivity contribution in [3.8, 4) is 0 Å². The average molecular weight is 1870 g/mol. The molecule has 0 radical (unpaired) electrons. The van der Waals surface area contributed by atoms with Crippen LogP contribution in [-0.2, 0) is 59.7 Å². The van der Waals surface area contributed by atoms with E-state index in [-0.39, 0.29) is 111 Å². The fourth-order valence-corrected chi connectivity index (χ4v) is 20.3. The highest BCUT2D eigenvalue weighted by molar-refractivity contribution is 6.26. The standard InChI is InChI=1S/C18H21N3O3.3C18H23N3O2.C17H19N3O4.C15H17N3O2/c1-10-5-8-14(17(24)21(10)18(2,3)4)20-15(22)12-7-6-11(19)9-13(12)16(20)23;1-11-5-8-15(17(23)21(11)18(2,3)4)20-10-12-9-13(19)6-7-14(12)16(20)22;1-11-8-9-15(17(23)21(11)18(2,3)4)20-10-13-12(16(20)22)6-5-7-14(13)19;1-11-8-9-14(16(22)21(11)18(2,3)4)20-10-12-6-5-7-13(19)15(12)17(20)23;1-17(2,3)20-12(21)8-7-11(15(20)23)19-14(22)9-5-4-6-10(18)13(9)16(19)24;1-9-3-6-13(15(20)17(9)2)18-8-10-4-5-11(16)7-12(10)14(18)19/h6-7,9,14H,1,5,8,19H2,2-4H3;6-7,9,15H,1,5,8,10,19H2,2-4H3;5-7,15H,1,8-10,19H2,2-4H3;5-7,14H,1,8-10,19H2,2-4H3;4-6,11H,7-8,18H2,1-3H3;4-5,7,13H,1,3,6,8,16H2,2H3. The lowest BCUT2D eigenvalue weighted by molar-refractivity contribution is -0.157. The molecule has 0 bridgehead atoms. The topological polar surface area (TPSA) is 451 Å². The molecule has 12 N–H and O–H groups in total. The summed E-state index contributed by atoms with van der Waals surface area (Å²) < 4.78 is 0. The number of nitrogens with zero attached hydrogens (tertiary/aromatic N) is 12. The lowest BCUT2D eigenvalue weighted by Gasteiger charge is -2.44. The maximum absolute atomic E-state index is 13.0. The van der Waals surface area contributed by atoms with Gasteiger partial charge in [0.05, 0.1) is 27.8 Å². The van der Waals surface area contributed by atoms with Crippen molar-refractivity contribution >= 4 is 123 Å². The van der Waals surface area contributed by atoms with E-state index in [1.807, 2.05) is 107 Å². The Morgan fingerprint density at radius 1 is 0.270 bits per heavy atom. The SMILES string of the molecule is C=C1CCC(N2C(=O)c3ccc(N)cc3C2=O)C(=O)N1C(C)(C)C.C=C1CCC(N2Cc3c(N)cccc3C2=O)C(=O)N1C(C)(C)C.C=C1CCC(N2Cc3cc(N)ccc3C2=O)C(=O)N1C(C)(C)C.C=C1CCC(N2Cc3ccc(N)cc3C2=O)C(=O)N1C.C=C1CCC(N2Cc3cccc(N)c3C2=O)C(=O)N1C(C)(C)C.CC(C)(C)N1C(=O)CCC(N2C(=O)c3cccc(N)c3C2=O)C1=O. The van der Waals surface area contributed by atoms with Crippen LogP contribution in [-0.4, -0.2) is 218 Å². The second-order valence-corrected chi connectivity index (χ2v) is 41.5. The van der Waals surface area contributed by atoms with Gasteiger partial charge in [0.1, 0.15) is 36.3 Å². The van der Waals surface area contributed by atoms with E-state index in [9.17, 15) is 71.9 Å². The van der Waals surface area contributed by atoms with Crippen LogP contribution in [0.2, 0.25) is 0 Å². The molecular weight excluding hydrogens is 1740 g/mol. The van der Waals surface area contributed by atoms with Gasteiger partial charge < -0.3 is 78.5 Å². The number of likely N-dealkylation sites (N-methyl/N-ethyl adjacent to an activating group) is 1. The normalized spacial score (nSPS) is 21.8. The second kappa shape index (κ2) is 37.3. The van der Waals surface area contributed by atoms with Crippen LogP contribution in [0, 0.1) is 0 Å². The van der Waals surface area contributed by atoms with Crippen molar-refractivity contribution < 1.29 is 71.9 Å². The third-order valence-electron chi connectivity index (χ3n) is 26.7. The second-order valence-electron chi connectivity index (χ2n) is 41.5. The number of carbonyl (C=O) groups excluding carboxylic acids is 15. The molecule has 6 fully saturated rings. The number of allylic oxidation sites excluding steroid dienone is 5. The van der Waals surface area contributed by atoms with Gasteiger partial charge in [-0.25, -0.2) is 0 Å². The molecule has 0 aliphatic carbocycles. The van der Waals surface area contributed by atoms with Crippen LogP contribution in [0.1, 0.15) is 286 Å². The fraction of sp³-hybridized carbons (Fsp3) is 0.413. The van der Waals surface area contributed by atoms with Gasteiger partial charge in [0.2, 0.25) is 29.5 Å². The molecule has 137 heavy (non-hydrogen) atoms. The van der Waals surface area contributed by atoms with Gasteiger partial charge in [-0.15, -0.1) is 0 Å². The van der Waals surface area contributed by atoms with E-state index in [1.54, 1.807) is 145 Å². The molecule has 12 heterocycles. The summed E-state index contributed by atoms with van der Waals surface area (Å²) in [4.78, 5) is 209. The van der Waals surface area contributed by atoms with Gasteiger partial charge in [-0.3, -0.25) is 86.6 Å². The predicted molar refractivity (Wildman–Crippen MR) is 520 cm³/mol. The number of piperidine rings is 6. The van der Waals surface area contributed by atoms with Gasteiger partial charge in [-0.2, -0.15) is 0 Å². The third-order valence-corrected chi connectivity index (χ3v) is 26.7. The first-order valence-electron chi connectivity index (χ1n) is 46.1. The molecular formula is C104H126N18O15. The Bertz CT molecular complexity index is 6130. The Balaban J connectivity index is 0.000000139. The van der Waals surface area contributed by atoms with Crippen LogP contribution >= 0.6 is 0 Å². The molecule has 0 aromatic heterocycles. The minimum absolute atomic E-state index is 0.0390. The highest BCUT2D eigenvalue weighted by Gasteiger charge is 2.54. The Hall–Kier alpha value is -14.5. The molecule has 6 atom stereocenters. The number of anilines is 6. The van der Waals surface area contributed by atoms with Crippen molar-refractivity contribution in [1.82, 2.24) is 58.8 Å². The first kappa shape index (κ1) is 99.9. The molecule has 6 aromatic carbocycles. The molecule has 0 spiro atoms. The number of hydrogen-bond donors (Lipinski definition) is 6. The molecule has 6 aromatic rings. The van der Waals surface area contributed by atoms with E-state index >= 15 is 0 Å². The number of fused-ring (bicyclic) bond motifs is 6. The van der Waals surface area contributed by atoms with E-state index in [4.69, 9.17) is 34.4 Å². The summed E-state index contributed by atoms with van der Waals surface area (Å²) in [6.07, 6.45) is 6.56. The van der Waals surface area contributed by atoms with Gasteiger partial charge >= 0.3 is 0 Å².